The fourth-order valence-corrected chi connectivity index (χ4v) is 3.17. The molecule has 1 N–H and O–H groups in total. The number of nitrogens with zero attached hydrogens (tertiary/aromatic N) is 1. The number of piperidine rings is 1. The van der Waals surface area contributed by atoms with Gasteiger partial charge in [0.15, 0.2) is 0 Å². The molecule has 3 rings (SSSR count). The van der Waals surface area contributed by atoms with Crippen molar-refractivity contribution in [1.82, 2.24) is 4.90 Å². The molecular weight excluding hydrogens is 306 g/mol. The molecule has 1 aromatic heterocycles. The Morgan fingerprint density at radius 1 is 1.29 bits per heavy atom. The molecule has 0 saturated carbocycles. The molecule has 0 radical (unpaired) electrons. The summed E-state index contributed by atoms with van der Waals surface area (Å²) < 4.78 is 5.83. The van der Waals surface area contributed by atoms with Gasteiger partial charge in [0.25, 0.3) is 0 Å². The van der Waals surface area contributed by atoms with E-state index in [1.165, 1.54) is 0 Å². The largest absolute Gasteiger partial charge is 0.481 e. The van der Waals surface area contributed by atoms with E-state index in [4.69, 9.17) is 9.52 Å². The van der Waals surface area contributed by atoms with E-state index in [-0.39, 0.29) is 11.8 Å². The van der Waals surface area contributed by atoms with Crippen LogP contribution in [0.15, 0.2) is 34.8 Å². The zero-order valence-corrected chi connectivity index (χ0v) is 13.7. The number of benzene rings is 1. The maximum absolute atomic E-state index is 12.4. The van der Waals surface area contributed by atoms with E-state index in [9.17, 15) is 9.59 Å². The third kappa shape index (κ3) is 3.20. The van der Waals surface area contributed by atoms with Crippen molar-refractivity contribution in [2.24, 2.45) is 5.92 Å². The minimum Gasteiger partial charge on any atom is -0.481 e. The lowest BCUT2D eigenvalue weighted by Gasteiger charge is -2.29. The van der Waals surface area contributed by atoms with E-state index in [2.05, 4.69) is 0 Å². The molecule has 126 valence electrons. The molecule has 1 aliphatic rings. The first-order chi connectivity index (χ1) is 11.6. The number of hydrogen-bond donors (Lipinski definition) is 1. The van der Waals surface area contributed by atoms with Gasteiger partial charge in [-0.25, -0.2) is 0 Å². The quantitative estimate of drug-likeness (QED) is 0.874. The van der Waals surface area contributed by atoms with Crippen LogP contribution in [0, 0.1) is 5.92 Å². The summed E-state index contributed by atoms with van der Waals surface area (Å²) in [4.78, 5) is 25.1. The molecule has 0 spiro atoms. The highest BCUT2D eigenvalue weighted by molar-refractivity contribution is 5.96. The minimum atomic E-state index is -0.768. The van der Waals surface area contributed by atoms with Gasteiger partial charge in [0.2, 0.25) is 5.91 Å². The van der Waals surface area contributed by atoms with Crippen LogP contribution in [0.1, 0.15) is 31.1 Å². The summed E-state index contributed by atoms with van der Waals surface area (Å²) >= 11 is 0. The van der Waals surface area contributed by atoms with Gasteiger partial charge >= 0.3 is 5.97 Å². The zero-order valence-electron chi connectivity index (χ0n) is 13.7. The van der Waals surface area contributed by atoms with Crippen LogP contribution in [0.3, 0.4) is 0 Å². The molecule has 0 aliphatic carbocycles. The van der Waals surface area contributed by atoms with Gasteiger partial charge in [-0.2, -0.15) is 0 Å². The number of hydrogen-bond acceptors (Lipinski definition) is 3. The Hall–Kier alpha value is -2.56. The van der Waals surface area contributed by atoms with Crippen molar-refractivity contribution in [3.8, 4) is 0 Å². The summed E-state index contributed by atoms with van der Waals surface area (Å²) in [6.45, 7) is 3.01. The topological polar surface area (TPSA) is 70.8 Å². The van der Waals surface area contributed by atoms with Crippen molar-refractivity contribution in [3.05, 3.63) is 41.7 Å². The van der Waals surface area contributed by atoms with E-state index in [0.717, 1.165) is 28.7 Å². The molecule has 5 nitrogen and oxygen atoms in total. The Morgan fingerprint density at radius 2 is 2.00 bits per heavy atom. The number of carboxylic acids is 1. The molecule has 2 aromatic rings. The summed E-state index contributed by atoms with van der Waals surface area (Å²) in [5.41, 5.74) is 1.77. The number of aliphatic carboxylic acids is 1. The van der Waals surface area contributed by atoms with E-state index < -0.39 is 5.97 Å². The highest BCUT2D eigenvalue weighted by atomic mass is 16.4. The van der Waals surface area contributed by atoms with Gasteiger partial charge in [-0.1, -0.05) is 25.1 Å². The lowest BCUT2D eigenvalue weighted by atomic mass is 9.97. The molecule has 0 atom stereocenters. The molecular formula is C19H21NO4. The summed E-state index contributed by atoms with van der Waals surface area (Å²) in [5.74, 6) is -0.311. The number of fused-ring (bicyclic) bond motifs is 1. The van der Waals surface area contributed by atoms with Gasteiger partial charge in [0.1, 0.15) is 11.3 Å². The molecule has 0 bridgehead atoms. The standard InChI is InChI=1S/C19H21NO4/c1-2-16-15(14-5-3-4-6-17(14)24-16)7-8-18(21)20-11-9-13(10-12-20)19(22)23/h3-8,13H,2,9-12H2,1H3,(H,22,23)/b8-7+. The summed E-state index contributed by atoms with van der Waals surface area (Å²) in [6, 6.07) is 7.79. The highest BCUT2D eigenvalue weighted by Crippen LogP contribution is 2.27. The van der Waals surface area contributed by atoms with Crippen molar-refractivity contribution in [3.63, 3.8) is 0 Å². The number of likely N-dealkylation sites (tertiary alicyclic amines) is 1. The Balaban J connectivity index is 1.74. The van der Waals surface area contributed by atoms with Crippen molar-refractivity contribution >= 4 is 28.9 Å². The number of aryl methyl sites for hydroxylation is 1. The second kappa shape index (κ2) is 6.91. The predicted octanol–water partition coefficient (Wildman–Crippen LogP) is 3.33. The van der Waals surface area contributed by atoms with Crippen LogP contribution in [-0.2, 0) is 16.0 Å². The fraction of sp³-hybridized carbons (Fsp3) is 0.368. The van der Waals surface area contributed by atoms with Crippen molar-refractivity contribution in [1.29, 1.82) is 0 Å². The second-order valence-corrected chi connectivity index (χ2v) is 6.06. The van der Waals surface area contributed by atoms with Crippen LogP contribution in [0.25, 0.3) is 17.0 Å². The second-order valence-electron chi connectivity index (χ2n) is 6.06. The van der Waals surface area contributed by atoms with E-state index in [0.29, 0.717) is 25.9 Å². The maximum atomic E-state index is 12.4. The van der Waals surface area contributed by atoms with Crippen molar-refractivity contribution in [2.45, 2.75) is 26.2 Å². The molecule has 1 amide bonds. The van der Waals surface area contributed by atoms with Gasteiger partial charge in [-0.05, 0) is 25.0 Å². The van der Waals surface area contributed by atoms with Gasteiger partial charge in [0, 0.05) is 36.5 Å². The Labute approximate surface area is 140 Å². The number of rotatable bonds is 4. The van der Waals surface area contributed by atoms with Crippen LogP contribution in [0.2, 0.25) is 0 Å². The van der Waals surface area contributed by atoms with Crippen LogP contribution >= 0.6 is 0 Å². The number of furan rings is 1. The zero-order chi connectivity index (χ0) is 17.1. The average molecular weight is 327 g/mol. The maximum Gasteiger partial charge on any atom is 0.306 e. The monoisotopic (exact) mass is 327 g/mol. The molecule has 1 fully saturated rings. The molecule has 1 aliphatic heterocycles. The van der Waals surface area contributed by atoms with Gasteiger partial charge in [-0.15, -0.1) is 0 Å². The van der Waals surface area contributed by atoms with Crippen molar-refractivity contribution < 1.29 is 19.1 Å². The molecule has 5 heteroatoms. The number of carboxylic acid groups (broad SMARTS) is 1. The Morgan fingerprint density at radius 3 is 2.67 bits per heavy atom. The Bertz CT molecular complexity index is 782. The summed E-state index contributed by atoms with van der Waals surface area (Å²) in [7, 11) is 0. The van der Waals surface area contributed by atoms with E-state index in [1.807, 2.05) is 37.3 Å². The van der Waals surface area contributed by atoms with Crippen molar-refractivity contribution in [2.75, 3.05) is 13.1 Å². The minimum absolute atomic E-state index is 0.0776. The average Bonchev–Trinajstić information content (AvgIpc) is 2.97. The first kappa shape index (κ1) is 16.3. The van der Waals surface area contributed by atoms with Gasteiger partial charge < -0.3 is 14.4 Å². The normalized spacial score (nSPS) is 16.1. The van der Waals surface area contributed by atoms with Gasteiger partial charge in [-0.3, -0.25) is 9.59 Å². The third-order valence-electron chi connectivity index (χ3n) is 4.58. The molecule has 24 heavy (non-hydrogen) atoms. The first-order valence-electron chi connectivity index (χ1n) is 8.30. The third-order valence-corrected chi connectivity index (χ3v) is 4.58. The lowest BCUT2D eigenvalue weighted by Crippen LogP contribution is -2.39. The first-order valence-corrected chi connectivity index (χ1v) is 8.30. The highest BCUT2D eigenvalue weighted by Gasteiger charge is 2.26. The predicted molar refractivity (Wildman–Crippen MR) is 91.6 cm³/mol. The molecule has 1 saturated heterocycles. The van der Waals surface area contributed by atoms with Gasteiger partial charge in [0.05, 0.1) is 5.92 Å². The number of carbonyl (C=O) groups excluding carboxylic acids is 1. The molecule has 1 aromatic carbocycles. The Kier molecular flexibility index (Phi) is 4.69. The van der Waals surface area contributed by atoms with E-state index >= 15 is 0 Å². The van der Waals surface area contributed by atoms with E-state index in [1.54, 1.807) is 11.0 Å². The summed E-state index contributed by atoms with van der Waals surface area (Å²) in [6.07, 6.45) is 5.17. The number of para-hydroxylation sites is 1. The fourth-order valence-electron chi connectivity index (χ4n) is 3.17. The smallest absolute Gasteiger partial charge is 0.306 e. The van der Waals surface area contributed by atoms with Crippen LogP contribution in [0.5, 0.6) is 0 Å². The lowest BCUT2D eigenvalue weighted by molar-refractivity contribution is -0.144. The number of amides is 1. The SMILES string of the molecule is CCc1oc2ccccc2c1/C=C/C(=O)N1CCC(C(=O)O)CC1. The number of carbonyl (C=O) groups is 2. The van der Waals surface area contributed by atoms with Crippen LogP contribution in [0.4, 0.5) is 0 Å². The summed E-state index contributed by atoms with van der Waals surface area (Å²) in [5, 5.41) is 10.0. The van der Waals surface area contributed by atoms with Crippen LogP contribution < -0.4 is 0 Å². The molecule has 0 unspecified atom stereocenters. The van der Waals surface area contributed by atoms with Crippen LogP contribution in [-0.4, -0.2) is 35.0 Å². The molecule has 2 heterocycles.